The van der Waals surface area contributed by atoms with Crippen molar-refractivity contribution in [2.45, 2.75) is 6.92 Å². The Kier molecular flexibility index (Phi) is 3.58. The summed E-state index contributed by atoms with van der Waals surface area (Å²) in [5.74, 6) is -0.914. The average molecular weight is 238 g/mol. The third-order valence-corrected chi connectivity index (χ3v) is 2.67. The molecule has 1 N–H and O–H groups in total. The molecular formula is C16H14O2. The first kappa shape index (κ1) is 12.1. The van der Waals surface area contributed by atoms with Gasteiger partial charge in [-0.25, -0.2) is 4.79 Å². The van der Waals surface area contributed by atoms with Crippen molar-refractivity contribution < 1.29 is 9.90 Å². The Morgan fingerprint density at radius 3 is 2.39 bits per heavy atom. The molecule has 0 radical (unpaired) electrons. The van der Waals surface area contributed by atoms with E-state index in [4.69, 9.17) is 0 Å². The number of hydrogen-bond acceptors (Lipinski definition) is 1. The van der Waals surface area contributed by atoms with E-state index in [0.29, 0.717) is 11.1 Å². The van der Waals surface area contributed by atoms with Crippen molar-refractivity contribution in [1.82, 2.24) is 0 Å². The summed E-state index contributed by atoms with van der Waals surface area (Å²) < 4.78 is 0. The van der Waals surface area contributed by atoms with Crippen LogP contribution < -0.4 is 0 Å². The molecule has 0 saturated heterocycles. The van der Waals surface area contributed by atoms with Crippen molar-refractivity contribution in [3.63, 3.8) is 0 Å². The van der Waals surface area contributed by atoms with Crippen LogP contribution in [0.2, 0.25) is 0 Å². The van der Waals surface area contributed by atoms with Gasteiger partial charge in [0.2, 0.25) is 0 Å². The Balaban J connectivity index is 2.46. The van der Waals surface area contributed by atoms with Gasteiger partial charge in [0.05, 0.1) is 5.57 Å². The maximum Gasteiger partial charge on any atom is 0.336 e. The molecule has 0 saturated carbocycles. The number of hydrogen-bond donors (Lipinski definition) is 1. The van der Waals surface area contributed by atoms with Crippen molar-refractivity contribution in [3.8, 4) is 0 Å². The second kappa shape index (κ2) is 5.32. The zero-order chi connectivity index (χ0) is 13.0. The van der Waals surface area contributed by atoms with E-state index in [-0.39, 0.29) is 0 Å². The molecule has 2 aromatic carbocycles. The highest BCUT2D eigenvalue weighted by atomic mass is 16.4. The molecule has 0 fully saturated rings. The van der Waals surface area contributed by atoms with Crippen LogP contribution in [-0.4, -0.2) is 11.1 Å². The summed E-state index contributed by atoms with van der Waals surface area (Å²) in [6.07, 6.45) is 1.70. The molecule has 2 rings (SSSR count). The van der Waals surface area contributed by atoms with Crippen molar-refractivity contribution in [3.05, 3.63) is 71.3 Å². The van der Waals surface area contributed by atoms with E-state index in [0.717, 1.165) is 11.1 Å². The minimum absolute atomic E-state index is 0.307. The van der Waals surface area contributed by atoms with E-state index in [1.54, 1.807) is 18.2 Å². The fourth-order valence-electron chi connectivity index (χ4n) is 1.81. The molecule has 2 aromatic rings. The van der Waals surface area contributed by atoms with Gasteiger partial charge in [-0.2, -0.15) is 0 Å². The standard InChI is InChI=1S/C16H14O2/c1-12-6-5-7-13(10-12)11-15(16(17)18)14-8-3-2-4-9-14/h2-11H,1H3,(H,17,18)/b15-11+. The SMILES string of the molecule is Cc1cccc(/C=C(/C(=O)O)c2ccccc2)c1. The molecule has 18 heavy (non-hydrogen) atoms. The Hall–Kier alpha value is -2.35. The zero-order valence-electron chi connectivity index (χ0n) is 10.1. The van der Waals surface area contributed by atoms with E-state index < -0.39 is 5.97 Å². The first-order valence-corrected chi connectivity index (χ1v) is 5.74. The van der Waals surface area contributed by atoms with Crippen LogP contribution >= 0.6 is 0 Å². The van der Waals surface area contributed by atoms with Crippen LogP contribution in [0.5, 0.6) is 0 Å². The number of carboxylic acid groups (broad SMARTS) is 1. The van der Waals surface area contributed by atoms with E-state index in [1.807, 2.05) is 49.4 Å². The predicted molar refractivity (Wildman–Crippen MR) is 73.1 cm³/mol. The second-order valence-electron chi connectivity index (χ2n) is 4.14. The topological polar surface area (TPSA) is 37.3 Å². The molecule has 0 atom stereocenters. The maximum absolute atomic E-state index is 11.3. The van der Waals surface area contributed by atoms with Gasteiger partial charge in [0.15, 0.2) is 0 Å². The Morgan fingerprint density at radius 1 is 1.06 bits per heavy atom. The Labute approximate surface area is 106 Å². The minimum atomic E-state index is -0.914. The maximum atomic E-state index is 11.3. The summed E-state index contributed by atoms with van der Waals surface area (Å²) in [6.45, 7) is 1.99. The quantitative estimate of drug-likeness (QED) is 0.655. The first-order chi connectivity index (χ1) is 8.66. The number of aliphatic carboxylic acids is 1. The fraction of sp³-hybridized carbons (Fsp3) is 0.0625. The molecule has 0 aromatic heterocycles. The monoisotopic (exact) mass is 238 g/mol. The number of carbonyl (C=O) groups is 1. The predicted octanol–water partition coefficient (Wildman–Crippen LogP) is 3.62. The lowest BCUT2D eigenvalue weighted by Crippen LogP contribution is -1.99. The molecular weight excluding hydrogens is 224 g/mol. The molecule has 2 heteroatoms. The fourth-order valence-corrected chi connectivity index (χ4v) is 1.81. The number of carboxylic acids is 1. The summed E-state index contributed by atoms with van der Waals surface area (Å²) in [5.41, 5.74) is 3.03. The molecule has 0 aliphatic carbocycles. The van der Waals surface area contributed by atoms with Crippen molar-refractivity contribution >= 4 is 17.6 Å². The lowest BCUT2D eigenvalue weighted by atomic mass is 10.0. The first-order valence-electron chi connectivity index (χ1n) is 5.74. The zero-order valence-corrected chi connectivity index (χ0v) is 10.1. The van der Waals surface area contributed by atoms with Gasteiger partial charge in [-0.3, -0.25) is 0 Å². The van der Waals surface area contributed by atoms with Gasteiger partial charge in [0.1, 0.15) is 0 Å². The van der Waals surface area contributed by atoms with Crippen LogP contribution in [0.25, 0.3) is 11.6 Å². The van der Waals surface area contributed by atoms with Gasteiger partial charge in [0, 0.05) is 0 Å². The molecule has 2 nitrogen and oxygen atoms in total. The summed E-state index contributed by atoms with van der Waals surface area (Å²) in [5, 5.41) is 9.29. The average Bonchev–Trinajstić information content (AvgIpc) is 2.37. The van der Waals surface area contributed by atoms with Gasteiger partial charge >= 0.3 is 5.97 Å². The summed E-state index contributed by atoms with van der Waals surface area (Å²) in [7, 11) is 0. The Morgan fingerprint density at radius 2 is 1.78 bits per heavy atom. The third-order valence-electron chi connectivity index (χ3n) is 2.67. The molecule has 0 unspecified atom stereocenters. The lowest BCUT2D eigenvalue weighted by Gasteiger charge is -2.03. The van der Waals surface area contributed by atoms with Gasteiger partial charge in [-0.15, -0.1) is 0 Å². The van der Waals surface area contributed by atoms with Crippen molar-refractivity contribution in [2.75, 3.05) is 0 Å². The number of rotatable bonds is 3. The highest BCUT2D eigenvalue weighted by molar-refractivity contribution is 6.20. The summed E-state index contributed by atoms with van der Waals surface area (Å²) in [6, 6.07) is 16.9. The van der Waals surface area contributed by atoms with E-state index >= 15 is 0 Å². The van der Waals surface area contributed by atoms with Crippen LogP contribution in [0.1, 0.15) is 16.7 Å². The molecule has 0 aliphatic rings. The normalized spacial score (nSPS) is 11.3. The molecule has 0 heterocycles. The minimum Gasteiger partial charge on any atom is -0.478 e. The van der Waals surface area contributed by atoms with E-state index in [1.165, 1.54) is 0 Å². The third kappa shape index (κ3) is 2.86. The van der Waals surface area contributed by atoms with Crippen LogP contribution in [-0.2, 0) is 4.79 Å². The van der Waals surface area contributed by atoms with Crippen LogP contribution in [0.4, 0.5) is 0 Å². The largest absolute Gasteiger partial charge is 0.478 e. The molecule has 0 aliphatic heterocycles. The van der Waals surface area contributed by atoms with Crippen LogP contribution in [0.3, 0.4) is 0 Å². The van der Waals surface area contributed by atoms with Crippen molar-refractivity contribution in [1.29, 1.82) is 0 Å². The molecule has 0 bridgehead atoms. The van der Waals surface area contributed by atoms with Gasteiger partial charge < -0.3 is 5.11 Å². The van der Waals surface area contributed by atoms with Crippen LogP contribution in [0.15, 0.2) is 54.6 Å². The smallest absolute Gasteiger partial charge is 0.336 e. The van der Waals surface area contributed by atoms with E-state index in [2.05, 4.69) is 0 Å². The second-order valence-corrected chi connectivity index (χ2v) is 4.14. The number of benzene rings is 2. The lowest BCUT2D eigenvalue weighted by molar-refractivity contribution is -0.130. The highest BCUT2D eigenvalue weighted by Gasteiger charge is 2.09. The van der Waals surface area contributed by atoms with Crippen molar-refractivity contribution in [2.24, 2.45) is 0 Å². The van der Waals surface area contributed by atoms with E-state index in [9.17, 15) is 9.90 Å². The molecule has 0 amide bonds. The molecule has 90 valence electrons. The van der Waals surface area contributed by atoms with Gasteiger partial charge in [0.25, 0.3) is 0 Å². The van der Waals surface area contributed by atoms with Gasteiger partial charge in [-0.05, 0) is 24.1 Å². The Bertz CT molecular complexity index is 583. The highest BCUT2D eigenvalue weighted by Crippen LogP contribution is 2.18. The molecule has 0 spiro atoms. The van der Waals surface area contributed by atoms with Crippen LogP contribution in [0, 0.1) is 6.92 Å². The summed E-state index contributed by atoms with van der Waals surface area (Å²) in [4.78, 5) is 11.3. The summed E-state index contributed by atoms with van der Waals surface area (Å²) >= 11 is 0. The number of aryl methyl sites for hydroxylation is 1. The van der Waals surface area contributed by atoms with Gasteiger partial charge in [-0.1, -0.05) is 60.2 Å².